The molecule has 3 aromatic rings. The number of thiophene rings is 1. The van der Waals surface area contributed by atoms with Gasteiger partial charge in [0.05, 0.1) is 11.3 Å². The molecule has 2 aromatic heterocycles. The lowest BCUT2D eigenvalue weighted by molar-refractivity contribution is -0.115. The lowest BCUT2D eigenvalue weighted by Crippen LogP contribution is -2.14. The van der Waals surface area contributed by atoms with Crippen LogP contribution in [0.5, 0.6) is 0 Å². The topological polar surface area (TPSA) is 54.9 Å². The normalized spacial score (nSPS) is 10.6. The Hall–Kier alpha value is -1.76. The number of benzene rings is 1. The molecule has 0 saturated heterocycles. The van der Waals surface area contributed by atoms with Crippen LogP contribution in [0, 0.1) is 6.92 Å². The van der Waals surface area contributed by atoms with Gasteiger partial charge in [0.2, 0.25) is 11.0 Å². The Kier molecular flexibility index (Phi) is 4.52. The zero-order chi connectivity index (χ0) is 15.5. The van der Waals surface area contributed by atoms with Crippen LogP contribution in [0.15, 0.2) is 35.7 Å². The maximum absolute atomic E-state index is 12.0. The third-order valence-electron chi connectivity index (χ3n) is 3.01. The number of aryl methyl sites for hydroxylation is 1. The molecule has 0 aliphatic carbocycles. The Morgan fingerprint density at radius 3 is 2.68 bits per heavy atom. The lowest BCUT2D eigenvalue weighted by atomic mass is 10.1. The minimum atomic E-state index is -0.118. The van der Waals surface area contributed by atoms with E-state index in [9.17, 15) is 4.79 Å². The van der Waals surface area contributed by atoms with Crippen LogP contribution in [0.2, 0.25) is 5.02 Å². The van der Waals surface area contributed by atoms with Gasteiger partial charge in [-0.3, -0.25) is 4.79 Å². The van der Waals surface area contributed by atoms with Gasteiger partial charge in [-0.15, -0.1) is 21.5 Å². The molecule has 0 bridgehead atoms. The second-order valence-corrected chi connectivity index (χ2v) is 7.03. The van der Waals surface area contributed by atoms with Crippen molar-refractivity contribution in [3.63, 3.8) is 0 Å². The van der Waals surface area contributed by atoms with Crippen molar-refractivity contribution in [2.45, 2.75) is 13.3 Å². The molecule has 0 radical (unpaired) electrons. The van der Waals surface area contributed by atoms with Crippen LogP contribution in [0.25, 0.3) is 9.88 Å². The van der Waals surface area contributed by atoms with Crippen LogP contribution in [-0.4, -0.2) is 16.1 Å². The molecule has 7 heteroatoms. The number of carbonyl (C=O) groups excluding carboxylic acids is 1. The van der Waals surface area contributed by atoms with Gasteiger partial charge >= 0.3 is 0 Å². The summed E-state index contributed by atoms with van der Waals surface area (Å²) < 4.78 is 0. The van der Waals surface area contributed by atoms with Crippen molar-refractivity contribution in [2.75, 3.05) is 5.32 Å². The highest BCUT2D eigenvalue weighted by Crippen LogP contribution is 2.32. The molecule has 1 aromatic carbocycles. The van der Waals surface area contributed by atoms with E-state index in [-0.39, 0.29) is 12.3 Å². The third-order valence-corrected chi connectivity index (χ3v) is 5.27. The Balaban J connectivity index is 1.66. The number of rotatable bonds is 4. The summed E-state index contributed by atoms with van der Waals surface area (Å²) in [7, 11) is 0. The van der Waals surface area contributed by atoms with Crippen molar-refractivity contribution >= 4 is 45.3 Å². The Morgan fingerprint density at radius 1 is 1.23 bits per heavy atom. The lowest BCUT2D eigenvalue weighted by Gasteiger charge is -2.01. The number of amides is 1. The number of hydrogen-bond acceptors (Lipinski definition) is 5. The van der Waals surface area contributed by atoms with Gasteiger partial charge in [-0.05, 0) is 41.6 Å². The molecule has 4 nitrogen and oxygen atoms in total. The van der Waals surface area contributed by atoms with Gasteiger partial charge < -0.3 is 5.32 Å². The average molecular weight is 350 g/mol. The summed E-state index contributed by atoms with van der Waals surface area (Å²) in [5.41, 5.74) is 2.07. The van der Waals surface area contributed by atoms with Crippen LogP contribution in [0.4, 0.5) is 5.13 Å². The van der Waals surface area contributed by atoms with E-state index in [1.165, 1.54) is 16.9 Å². The predicted octanol–water partition coefficient (Wildman–Crippen LogP) is 4.41. The molecule has 112 valence electrons. The van der Waals surface area contributed by atoms with Crippen molar-refractivity contribution in [2.24, 2.45) is 0 Å². The number of hydrogen-bond donors (Lipinski definition) is 1. The molecule has 0 spiro atoms. The SMILES string of the molecule is Cc1ccsc1-c1nnc(NC(=O)Cc2ccc(Cl)cc2)s1. The maximum Gasteiger partial charge on any atom is 0.230 e. The summed E-state index contributed by atoms with van der Waals surface area (Å²) in [4.78, 5) is 13.1. The third kappa shape index (κ3) is 3.52. The van der Waals surface area contributed by atoms with Gasteiger partial charge in [-0.1, -0.05) is 35.1 Å². The minimum absolute atomic E-state index is 0.118. The summed E-state index contributed by atoms with van der Waals surface area (Å²) in [5.74, 6) is -0.118. The minimum Gasteiger partial charge on any atom is -0.300 e. The highest BCUT2D eigenvalue weighted by molar-refractivity contribution is 7.23. The standard InChI is InChI=1S/C15H12ClN3OS2/c1-9-6-7-21-13(9)14-18-19-15(22-14)17-12(20)8-10-2-4-11(16)5-3-10/h2-7H,8H2,1H3,(H,17,19,20). The number of anilines is 1. The first kappa shape index (κ1) is 15.1. The Labute approximate surface area is 140 Å². The second-order valence-electron chi connectivity index (χ2n) is 4.70. The van der Waals surface area contributed by atoms with Crippen molar-refractivity contribution in [3.8, 4) is 9.88 Å². The second kappa shape index (κ2) is 6.56. The zero-order valence-electron chi connectivity index (χ0n) is 11.7. The first-order valence-corrected chi connectivity index (χ1v) is 8.61. The molecule has 0 unspecified atom stereocenters. The summed E-state index contributed by atoms with van der Waals surface area (Å²) in [5, 5.41) is 15.0. The van der Waals surface area contributed by atoms with Crippen LogP contribution in [-0.2, 0) is 11.2 Å². The van der Waals surface area contributed by atoms with Crippen LogP contribution >= 0.6 is 34.3 Å². The highest BCUT2D eigenvalue weighted by atomic mass is 35.5. The predicted molar refractivity (Wildman–Crippen MR) is 91.7 cm³/mol. The smallest absolute Gasteiger partial charge is 0.230 e. The number of carbonyl (C=O) groups is 1. The number of aromatic nitrogens is 2. The number of halogens is 1. The number of nitrogens with zero attached hydrogens (tertiary/aromatic N) is 2. The van der Waals surface area contributed by atoms with E-state index in [1.807, 2.05) is 30.5 Å². The van der Waals surface area contributed by atoms with Crippen LogP contribution in [0.3, 0.4) is 0 Å². The van der Waals surface area contributed by atoms with E-state index in [1.54, 1.807) is 23.5 Å². The van der Waals surface area contributed by atoms with Crippen molar-refractivity contribution in [1.82, 2.24) is 10.2 Å². The molecular formula is C15H12ClN3OS2. The molecule has 0 saturated carbocycles. The molecule has 22 heavy (non-hydrogen) atoms. The molecule has 0 atom stereocenters. The summed E-state index contributed by atoms with van der Waals surface area (Å²) >= 11 is 8.83. The Morgan fingerprint density at radius 2 is 2.00 bits per heavy atom. The summed E-state index contributed by atoms with van der Waals surface area (Å²) in [6, 6.07) is 9.25. The molecular weight excluding hydrogens is 338 g/mol. The highest BCUT2D eigenvalue weighted by Gasteiger charge is 2.12. The van der Waals surface area contributed by atoms with E-state index < -0.39 is 0 Å². The molecule has 1 N–H and O–H groups in total. The van der Waals surface area contributed by atoms with E-state index in [4.69, 9.17) is 11.6 Å². The molecule has 0 fully saturated rings. The molecule has 3 rings (SSSR count). The number of nitrogens with one attached hydrogen (secondary N) is 1. The van der Waals surface area contributed by atoms with Gasteiger partial charge in [0, 0.05) is 5.02 Å². The van der Waals surface area contributed by atoms with Crippen molar-refractivity contribution < 1.29 is 4.79 Å². The fraction of sp³-hybridized carbons (Fsp3) is 0.133. The fourth-order valence-electron chi connectivity index (χ4n) is 1.91. The fourth-order valence-corrected chi connectivity index (χ4v) is 3.87. The van der Waals surface area contributed by atoms with Crippen LogP contribution < -0.4 is 5.32 Å². The maximum atomic E-state index is 12.0. The average Bonchev–Trinajstić information content (AvgIpc) is 3.10. The van der Waals surface area contributed by atoms with Crippen molar-refractivity contribution in [1.29, 1.82) is 0 Å². The van der Waals surface area contributed by atoms with E-state index >= 15 is 0 Å². The summed E-state index contributed by atoms with van der Waals surface area (Å²) in [6.45, 7) is 2.03. The van der Waals surface area contributed by atoms with E-state index in [2.05, 4.69) is 15.5 Å². The van der Waals surface area contributed by atoms with Gasteiger partial charge in [-0.2, -0.15) is 0 Å². The van der Waals surface area contributed by atoms with E-state index in [0.717, 1.165) is 15.4 Å². The van der Waals surface area contributed by atoms with Gasteiger partial charge in [-0.25, -0.2) is 0 Å². The van der Waals surface area contributed by atoms with Gasteiger partial charge in [0.25, 0.3) is 0 Å². The van der Waals surface area contributed by atoms with E-state index in [0.29, 0.717) is 10.2 Å². The van der Waals surface area contributed by atoms with Crippen LogP contribution in [0.1, 0.15) is 11.1 Å². The molecule has 1 amide bonds. The Bertz CT molecular complexity index is 795. The molecule has 0 aliphatic heterocycles. The summed E-state index contributed by atoms with van der Waals surface area (Å²) in [6.07, 6.45) is 0.282. The zero-order valence-corrected chi connectivity index (χ0v) is 14.1. The largest absolute Gasteiger partial charge is 0.300 e. The van der Waals surface area contributed by atoms with Crippen molar-refractivity contribution in [3.05, 3.63) is 51.9 Å². The molecule has 2 heterocycles. The van der Waals surface area contributed by atoms with Gasteiger partial charge in [0.1, 0.15) is 0 Å². The van der Waals surface area contributed by atoms with Gasteiger partial charge in [0.15, 0.2) is 5.01 Å². The monoisotopic (exact) mass is 349 g/mol. The quantitative estimate of drug-likeness (QED) is 0.759. The molecule has 0 aliphatic rings. The first-order chi connectivity index (χ1) is 10.6. The first-order valence-electron chi connectivity index (χ1n) is 6.54.